The lowest BCUT2D eigenvalue weighted by Gasteiger charge is -2.26. The van der Waals surface area contributed by atoms with E-state index in [1.165, 1.54) is 276 Å². The summed E-state index contributed by atoms with van der Waals surface area (Å²) >= 11 is 0. The predicted octanol–water partition coefficient (Wildman–Crippen LogP) is 22.0. The van der Waals surface area contributed by atoms with Crippen LogP contribution in [-0.4, -0.2) is 82.3 Å². The molecule has 504 valence electrons. The second-order valence-electron chi connectivity index (χ2n) is 26.6. The van der Waals surface area contributed by atoms with E-state index in [1.807, 2.05) is 21.1 Å². The van der Waals surface area contributed by atoms with Crippen LogP contribution in [0.4, 0.5) is 0 Å². The number of ether oxygens (including phenoxy) is 4. The molecule has 0 spiro atoms. The van der Waals surface area contributed by atoms with Crippen LogP contribution in [0.25, 0.3) is 0 Å². The molecule has 9 heteroatoms. The number of unbranched alkanes of at least 4 members (excludes halogenated alkanes) is 47. The molecule has 86 heavy (non-hydrogen) atoms. The highest BCUT2D eigenvalue weighted by molar-refractivity contribution is 5.70. The maximum Gasteiger partial charge on any atom is 0.306 e. The van der Waals surface area contributed by atoms with Crippen LogP contribution in [0.2, 0.25) is 0 Å². The van der Waals surface area contributed by atoms with Crippen LogP contribution in [-0.2, 0) is 33.3 Å². The Morgan fingerprint density at radius 3 is 0.988 bits per heavy atom. The minimum Gasteiger partial charge on any atom is -0.545 e. The summed E-state index contributed by atoms with van der Waals surface area (Å²) < 4.78 is 22.8. The highest BCUT2D eigenvalue weighted by Gasteiger charge is 2.22. The summed E-state index contributed by atoms with van der Waals surface area (Å²) in [4.78, 5) is 37.5. The number of carboxylic acid groups (broad SMARTS) is 1. The summed E-state index contributed by atoms with van der Waals surface area (Å²) in [6.45, 7) is 4.71. The van der Waals surface area contributed by atoms with Gasteiger partial charge in [-0.15, -0.1) is 0 Å². The zero-order chi connectivity index (χ0) is 62.6. The van der Waals surface area contributed by atoms with Gasteiger partial charge in [-0.2, -0.15) is 0 Å². The topological polar surface area (TPSA) is 111 Å². The number of hydrogen-bond donors (Lipinski definition) is 0. The van der Waals surface area contributed by atoms with E-state index in [2.05, 4.69) is 62.5 Å². The fourth-order valence-corrected chi connectivity index (χ4v) is 11.2. The van der Waals surface area contributed by atoms with Crippen LogP contribution in [0.3, 0.4) is 0 Å². The summed E-state index contributed by atoms with van der Waals surface area (Å²) in [5, 5.41) is 11.8. The number of rotatable bonds is 70. The molecule has 0 amide bonds. The summed E-state index contributed by atoms with van der Waals surface area (Å²) in [5.41, 5.74) is 0. The molecule has 0 N–H and O–H groups in total. The number of esters is 2. The van der Waals surface area contributed by atoms with Crippen LogP contribution >= 0.6 is 0 Å². The van der Waals surface area contributed by atoms with Crippen LogP contribution in [0.1, 0.15) is 367 Å². The van der Waals surface area contributed by atoms with Gasteiger partial charge < -0.3 is 33.3 Å². The van der Waals surface area contributed by atoms with E-state index in [-0.39, 0.29) is 32.2 Å². The van der Waals surface area contributed by atoms with E-state index >= 15 is 0 Å². The molecule has 0 saturated heterocycles. The highest BCUT2D eigenvalue weighted by Crippen LogP contribution is 2.19. The van der Waals surface area contributed by atoms with Crippen molar-refractivity contribution >= 4 is 17.9 Å². The van der Waals surface area contributed by atoms with E-state index in [4.69, 9.17) is 18.9 Å². The fraction of sp³-hybridized carbons (Fsp3) is 0.857. The SMILES string of the molecule is CC/C=C\C/C=C\C/C=C\C/C=C\CCCCCCCCCCCCCCCCCCCCCCCCCCC(=O)OC(COC(=O)CCCCCCCCCCCCCCCCCCCCCCCCCC)COC(OCC[N+](C)(C)C)C(=O)[O-]. The number of likely N-dealkylation sites (N-methyl/N-ethyl adjacent to an activating group) is 1. The third-order valence-electron chi connectivity index (χ3n) is 16.8. The van der Waals surface area contributed by atoms with Gasteiger partial charge in [0, 0.05) is 12.8 Å². The van der Waals surface area contributed by atoms with Crippen molar-refractivity contribution in [3.05, 3.63) is 48.6 Å². The first kappa shape index (κ1) is 83.2. The summed E-state index contributed by atoms with van der Waals surface area (Å²) in [5.74, 6) is -2.25. The van der Waals surface area contributed by atoms with Crippen LogP contribution in [0.15, 0.2) is 48.6 Å². The fourth-order valence-electron chi connectivity index (χ4n) is 11.2. The Balaban J connectivity index is 3.99. The molecule has 9 nitrogen and oxygen atoms in total. The molecule has 0 aliphatic heterocycles. The average molecular weight is 1210 g/mol. The van der Waals surface area contributed by atoms with Gasteiger partial charge >= 0.3 is 11.9 Å². The normalized spacial score (nSPS) is 12.9. The van der Waals surface area contributed by atoms with Crippen molar-refractivity contribution in [2.45, 2.75) is 379 Å². The summed E-state index contributed by atoms with van der Waals surface area (Å²) in [6.07, 6.45) is 85.1. The first-order chi connectivity index (χ1) is 42.1. The molecule has 0 radical (unpaired) electrons. The molecule has 0 rings (SSSR count). The minimum atomic E-state index is -1.62. The Morgan fingerprint density at radius 2 is 0.663 bits per heavy atom. The monoisotopic (exact) mass is 1210 g/mol. The predicted molar refractivity (Wildman–Crippen MR) is 366 cm³/mol. The maximum atomic E-state index is 12.9. The highest BCUT2D eigenvalue weighted by atomic mass is 16.7. The average Bonchev–Trinajstić information content (AvgIpc) is 3.64. The molecule has 0 heterocycles. The van der Waals surface area contributed by atoms with Crippen molar-refractivity contribution < 1.29 is 42.9 Å². The van der Waals surface area contributed by atoms with Crippen molar-refractivity contribution in [3.63, 3.8) is 0 Å². The van der Waals surface area contributed by atoms with E-state index in [1.54, 1.807) is 0 Å². The Hall–Kier alpha value is -2.75. The van der Waals surface area contributed by atoms with Gasteiger partial charge in [-0.25, -0.2) is 0 Å². The molecule has 2 unspecified atom stereocenters. The van der Waals surface area contributed by atoms with Crippen LogP contribution in [0.5, 0.6) is 0 Å². The third-order valence-corrected chi connectivity index (χ3v) is 16.8. The Kier molecular flexibility index (Phi) is 66.0. The van der Waals surface area contributed by atoms with Crippen molar-refractivity contribution in [3.8, 4) is 0 Å². The maximum absolute atomic E-state index is 12.9. The molecule has 0 aliphatic rings. The molecular formula is C77H143NO8. The number of carbonyl (C=O) groups excluding carboxylic acids is 3. The molecule has 2 atom stereocenters. The second kappa shape index (κ2) is 68.2. The smallest absolute Gasteiger partial charge is 0.306 e. The van der Waals surface area contributed by atoms with E-state index in [0.29, 0.717) is 17.4 Å². The van der Waals surface area contributed by atoms with Crippen molar-refractivity contribution in [2.24, 2.45) is 0 Å². The minimum absolute atomic E-state index is 0.151. The number of allylic oxidation sites excluding steroid dienone is 8. The standard InChI is InChI=1S/C77H143NO8/c1-6-8-10-12-14-16-18-20-22-24-26-28-30-32-33-34-35-36-37-38-39-40-41-42-43-44-46-48-50-52-54-56-58-60-62-64-66-68-75(80)86-73(72-85-77(76(81)82)83-70-69-78(3,4)5)71-84-74(79)67-65-63-61-59-57-55-53-51-49-47-45-31-29-27-25-23-21-19-17-15-13-11-9-7-2/h8,10,14,16,20,22,26,28,73,77H,6-7,9,11-13,15,17-19,21,23-25,27,29-72H2,1-5H3/b10-8-,16-14-,22-20-,28-26-. The number of aliphatic carboxylic acids is 1. The van der Waals surface area contributed by atoms with Gasteiger partial charge in [0.2, 0.25) is 0 Å². The molecular weight excluding hydrogens is 1070 g/mol. The van der Waals surface area contributed by atoms with Crippen molar-refractivity contribution in [2.75, 3.05) is 47.5 Å². The third kappa shape index (κ3) is 68.7. The number of carboxylic acids is 1. The summed E-state index contributed by atoms with van der Waals surface area (Å²) in [6, 6.07) is 0. The molecule has 0 bridgehead atoms. The van der Waals surface area contributed by atoms with Gasteiger partial charge in [-0.1, -0.05) is 351 Å². The molecule has 0 saturated carbocycles. The van der Waals surface area contributed by atoms with Crippen LogP contribution < -0.4 is 5.11 Å². The Bertz CT molecular complexity index is 1550. The lowest BCUT2D eigenvalue weighted by molar-refractivity contribution is -0.870. The first-order valence-corrected chi connectivity index (χ1v) is 37.3. The first-order valence-electron chi connectivity index (χ1n) is 37.3. The zero-order valence-electron chi connectivity index (χ0n) is 57.7. The van der Waals surface area contributed by atoms with Gasteiger partial charge in [0.1, 0.15) is 13.2 Å². The number of hydrogen-bond acceptors (Lipinski definition) is 8. The molecule has 0 aromatic carbocycles. The van der Waals surface area contributed by atoms with Gasteiger partial charge in [0.15, 0.2) is 12.4 Å². The largest absolute Gasteiger partial charge is 0.545 e. The van der Waals surface area contributed by atoms with Gasteiger partial charge in [-0.3, -0.25) is 9.59 Å². The molecule has 0 aliphatic carbocycles. The number of carbonyl (C=O) groups is 3. The Labute approximate surface area is 533 Å². The van der Waals surface area contributed by atoms with E-state index < -0.39 is 24.3 Å². The van der Waals surface area contributed by atoms with E-state index in [9.17, 15) is 19.5 Å². The number of nitrogens with zero attached hydrogens (tertiary/aromatic N) is 1. The number of quaternary nitrogens is 1. The van der Waals surface area contributed by atoms with Crippen molar-refractivity contribution in [1.82, 2.24) is 0 Å². The van der Waals surface area contributed by atoms with E-state index in [0.717, 1.165) is 64.2 Å². The van der Waals surface area contributed by atoms with Gasteiger partial charge in [-0.05, 0) is 51.4 Å². The lowest BCUT2D eigenvalue weighted by Crippen LogP contribution is -2.44. The van der Waals surface area contributed by atoms with Gasteiger partial charge in [0.25, 0.3) is 0 Å². The van der Waals surface area contributed by atoms with Crippen LogP contribution in [0, 0.1) is 0 Å². The van der Waals surface area contributed by atoms with Gasteiger partial charge in [0.05, 0.1) is 40.3 Å². The molecule has 0 aromatic rings. The summed E-state index contributed by atoms with van der Waals surface area (Å²) in [7, 11) is 5.95. The quantitative estimate of drug-likeness (QED) is 0.0195. The second-order valence-corrected chi connectivity index (χ2v) is 26.6. The molecule has 0 aromatic heterocycles. The zero-order valence-corrected chi connectivity index (χ0v) is 57.7. The van der Waals surface area contributed by atoms with Crippen molar-refractivity contribution in [1.29, 1.82) is 0 Å². The lowest BCUT2D eigenvalue weighted by atomic mass is 10.0. The Morgan fingerprint density at radius 1 is 0.360 bits per heavy atom. The molecule has 0 fully saturated rings.